The van der Waals surface area contributed by atoms with Crippen LogP contribution in [-0.2, 0) is 6.61 Å². The lowest BCUT2D eigenvalue weighted by Crippen LogP contribution is -2.29. The summed E-state index contributed by atoms with van der Waals surface area (Å²) < 4.78 is 18.2. The molecular weight excluding hydrogens is 502 g/mol. The highest BCUT2D eigenvalue weighted by Crippen LogP contribution is 2.43. The molecule has 40 heavy (non-hydrogen) atoms. The van der Waals surface area contributed by atoms with Crippen LogP contribution < -0.4 is 19.8 Å². The van der Waals surface area contributed by atoms with Crippen LogP contribution in [0.15, 0.2) is 100 Å². The molecule has 0 aliphatic carbocycles. The average molecular weight is 532 g/mol. The number of hydrogen-bond donors (Lipinski definition) is 0. The molecule has 1 aromatic heterocycles. The number of fused-ring (bicyclic) bond motifs is 2. The first-order valence-electron chi connectivity index (χ1n) is 13.4. The third-order valence-electron chi connectivity index (χ3n) is 7.37. The third-order valence-corrected chi connectivity index (χ3v) is 7.37. The highest BCUT2D eigenvalue weighted by molar-refractivity contribution is 6.10. The molecule has 0 saturated carbocycles. The minimum absolute atomic E-state index is 0.0642. The van der Waals surface area contributed by atoms with Crippen LogP contribution in [0.4, 0.5) is 5.69 Å². The van der Waals surface area contributed by atoms with Crippen molar-refractivity contribution in [3.05, 3.63) is 135 Å². The molecule has 6 rings (SSSR count). The van der Waals surface area contributed by atoms with Crippen molar-refractivity contribution in [2.24, 2.45) is 0 Å². The Kier molecular flexibility index (Phi) is 6.60. The minimum atomic E-state index is -0.701. The zero-order valence-electron chi connectivity index (χ0n) is 22.6. The Hall–Kier alpha value is -4.84. The third kappa shape index (κ3) is 4.41. The number of aryl methyl sites for hydroxylation is 2. The number of ether oxygens (including phenoxy) is 2. The summed E-state index contributed by atoms with van der Waals surface area (Å²) in [5, 5.41) is 0.439. The summed E-state index contributed by atoms with van der Waals surface area (Å²) in [5.74, 6) is 0.840. The van der Waals surface area contributed by atoms with E-state index in [-0.39, 0.29) is 17.1 Å². The van der Waals surface area contributed by atoms with E-state index in [4.69, 9.17) is 13.9 Å². The molecule has 0 saturated heterocycles. The van der Waals surface area contributed by atoms with E-state index in [1.165, 1.54) is 0 Å². The van der Waals surface area contributed by atoms with Crippen molar-refractivity contribution >= 4 is 22.6 Å². The molecule has 6 heteroatoms. The second kappa shape index (κ2) is 10.4. The molecule has 0 spiro atoms. The van der Waals surface area contributed by atoms with Crippen molar-refractivity contribution in [3.8, 4) is 11.5 Å². The van der Waals surface area contributed by atoms with E-state index in [2.05, 4.69) is 0 Å². The minimum Gasteiger partial charge on any atom is -0.490 e. The molecule has 4 aromatic carbocycles. The summed E-state index contributed by atoms with van der Waals surface area (Å²) in [6.07, 6.45) is 0. The molecule has 0 fully saturated rings. The van der Waals surface area contributed by atoms with Crippen LogP contribution in [0.3, 0.4) is 0 Å². The normalized spacial score (nSPS) is 14.4. The van der Waals surface area contributed by atoms with Gasteiger partial charge in [-0.15, -0.1) is 0 Å². The average Bonchev–Trinajstić information content (AvgIpc) is 3.27. The summed E-state index contributed by atoms with van der Waals surface area (Å²) in [6, 6.07) is 27.7. The van der Waals surface area contributed by atoms with Crippen LogP contribution in [0.25, 0.3) is 11.0 Å². The fourth-order valence-corrected chi connectivity index (χ4v) is 5.19. The molecule has 1 atom stereocenters. The molecule has 0 bridgehead atoms. The van der Waals surface area contributed by atoms with Gasteiger partial charge in [-0.05, 0) is 79.4 Å². The number of anilines is 1. The second-order valence-electron chi connectivity index (χ2n) is 9.93. The molecule has 1 aliphatic rings. The fraction of sp³-hybridized carbons (Fsp3) is 0.176. The number of hydrogen-bond acceptors (Lipinski definition) is 5. The monoisotopic (exact) mass is 531 g/mol. The van der Waals surface area contributed by atoms with Crippen molar-refractivity contribution in [1.29, 1.82) is 0 Å². The van der Waals surface area contributed by atoms with Gasteiger partial charge in [-0.3, -0.25) is 14.5 Å². The summed E-state index contributed by atoms with van der Waals surface area (Å²) in [5.41, 5.74) is 5.10. The molecule has 5 aromatic rings. The zero-order chi connectivity index (χ0) is 27.8. The fourth-order valence-electron chi connectivity index (χ4n) is 5.19. The first-order valence-corrected chi connectivity index (χ1v) is 13.4. The Morgan fingerprint density at radius 3 is 2.35 bits per heavy atom. The maximum absolute atomic E-state index is 13.9. The number of carbonyl (C=O) groups is 1. The van der Waals surface area contributed by atoms with Crippen LogP contribution in [-0.4, -0.2) is 12.5 Å². The van der Waals surface area contributed by atoms with Gasteiger partial charge in [0.05, 0.1) is 23.6 Å². The number of carbonyl (C=O) groups excluding carboxylic acids is 1. The van der Waals surface area contributed by atoms with Gasteiger partial charge in [-0.1, -0.05) is 54.6 Å². The zero-order valence-corrected chi connectivity index (χ0v) is 22.6. The van der Waals surface area contributed by atoms with E-state index < -0.39 is 6.04 Å². The molecule has 0 radical (unpaired) electrons. The van der Waals surface area contributed by atoms with Gasteiger partial charge in [0.15, 0.2) is 16.9 Å². The largest absolute Gasteiger partial charge is 0.490 e. The molecule has 6 nitrogen and oxygen atoms in total. The Morgan fingerprint density at radius 2 is 1.57 bits per heavy atom. The number of rotatable bonds is 7. The lowest BCUT2D eigenvalue weighted by molar-refractivity contribution is 0.0971. The predicted molar refractivity (Wildman–Crippen MR) is 155 cm³/mol. The highest BCUT2D eigenvalue weighted by atomic mass is 16.5. The van der Waals surface area contributed by atoms with Gasteiger partial charge in [0.2, 0.25) is 5.76 Å². The SMILES string of the molecule is CCOc1cc(C2c3c(oc4ccccc4c3=O)C(=O)N2c2ccc(C)c(C)c2)ccc1OCc1ccccc1. The smallest absolute Gasteiger partial charge is 0.295 e. The van der Waals surface area contributed by atoms with Gasteiger partial charge in [0.1, 0.15) is 12.2 Å². The van der Waals surface area contributed by atoms with Crippen molar-refractivity contribution in [2.45, 2.75) is 33.4 Å². The van der Waals surface area contributed by atoms with Crippen LogP contribution in [0, 0.1) is 13.8 Å². The quantitative estimate of drug-likeness (QED) is 0.223. The molecule has 200 valence electrons. The maximum atomic E-state index is 13.9. The van der Waals surface area contributed by atoms with Crippen molar-refractivity contribution < 1.29 is 18.7 Å². The van der Waals surface area contributed by atoms with Crippen LogP contribution >= 0.6 is 0 Å². The molecule has 2 heterocycles. The Bertz CT molecular complexity index is 1790. The Morgan fingerprint density at radius 1 is 0.800 bits per heavy atom. The van der Waals surface area contributed by atoms with Gasteiger partial charge in [-0.25, -0.2) is 0 Å². The van der Waals surface area contributed by atoms with E-state index in [0.29, 0.717) is 46.9 Å². The lowest BCUT2D eigenvalue weighted by atomic mass is 9.97. The highest BCUT2D eigenvalue weighted by Gasteiger charge is 2.44. The summed E-state index contributed by atoms with van der Waals surface area (Å²) in [6.45, 7) is 6.75. The predicted octanol–water partition coefficient (Wildman–Crippen LogP) is 7.14. The first kappa shape index (κ1) is 25.4. The van der Waals surface area contributed by atoms with Crippen LogP contribution in [0.1, 0.15) is 51.3 Å². The number of para-hydroxylation sites is 1. The summed E-state index contributed by atoms with van der Waals surface area (Å²) >= 11 is 0. The van der Waals surface area contributed by atoms with E-state index >= 15 is 0 Å². The van der Waals surface area contributed by atoms with E-state index in [9.17, 15) is 9.59 Å². The van der Waals surface area contributed by atoms with Gasteiger partial charge < -0.3 is 13.9 Å². The second-order valence-corrected chi connectivity index (χ2v) is 9.93. The van der Waals surface area contributed by atoms with Crippen molar-refractivity contribution in [2.75, 3.05) is 11.5 Å². The van der Waals surface area contributed by atoms with E-state index in [1.54, 1.807) is 29.2 Å². The first-order chi connectivity index (χ1) is 19.5. The number of benzene rings is 4. The van der Waals surface area contributed by atoms with E-state index in [0.717, 1.165) is 22.3 Å². The molecule has 0 N–H and O–H groups in total. The van der Waals surface area contributed by atoms with Gasteiger partial charge in [0.25, 0.3) is 5.91 Å². The molecule has 1 unspecified atom stereocenters. The molecule has 1 amide bonds. The summed E-state index contributed by atoms with van der Waals surface area (Å²) in [7, 11) is 0. The topological polar surface area (TPSA) is 69.0 Å². The standard InChI is InChI=1S/C34H29NO5/c1-4-38-29-19-24(15-17-28(29)39-20-23-10-6-5-7-11-23)31-30-32(36)26-12-8-9-13-27(26)40-33(30)34(37)35(31)25-16-14-21(2)22(3)18-25/h5-19,31H,4,20H2,1-3H3. The summed E-state index contributed by atoms with van der Waals surface area (Å²) in [4.78, 5) is 29.5. The van der Waals surface area contributed by atoms with Crippen LogP contribution in [0.2, 0.25) is 0 Å². The number of amides is 1. The molecule has 1 aliphatic heterocycles. The van der Waals surface area contributed by atoms with E-state index in [1.807, 2.05) is 87.5 Å². The van der Waals surface area contributed by atoms with Crippen molar-refractivity contribution in [3.63, 3.8) is 0 Å². The van der Waals surface area contributed by atoms with Gasteiger partial charge >= 0.3 is 0 Å². The van der Waals surface area contributed by atoms with Crippen LogP contribution in [0.5, 0.6) is 11.5 Å². The maximum Gasteiger partial charge on any atom is 0.295 e. The van der Waals surface area contributed by atoms with Crippen molar-refractivity contribution in [1.82, 2.24) is 0 Å². The Labute approximate surface area is 232 Å². The molecular formula is C34H29NO5. The Balaban J connectivity index is 1.50. The lowest BCUT2D eigenvalue weighted by Gasteiger charge is -2.26. The van der Waals surface area contributed by atoms with Gasteiger partial charge in [-0.2, -0.15) is 0 Å². The number of nitrogens with zero attached hydrogens (tertiary/aromatic N) is 1. The van der Waals surface area contributed by atoms with Gasteiger partial charge in [0, 0.05) is 5.69 Å².